The molecule has 2 aromatic carbocycles. The molecule has 5 atom stereocenters. The van der Waals surface area contributed by atoms with Gasteiger partial charge in [0, 0.05) is 38.6 Å². The van der Waals surface area contributed by atoms with E-state index in [1.54, 1.807) is 0 Å². The summed E-state index contributed by atoms with van der Waals surface area (Å²) in [6, 6.07) is 10.6. The van der Waals surface area contributed by atoms with Gasteiger partial charge < -0.3 is 37.9 Å². The summed E-state index contributed by atoms with van der Waals surface area (Å²) in [5, 5.41) is 13.1. The molecule has 1 saturated heterocycles. The van der Waals surface area contributed by atoms with Crippen molar-refractivity contribution in [3.63, 3.8) is 0 Å². The SMILES string of the molecule is COC(=O)[C@H]1O[C@@H](OC(=O)Nc2ccc(COC(=O)Oc3ccc([N+](=O)[O-])cc3)cc2)[C@H](OC(C)=O)[C@@H](OC(C)=O)[C@@H]1OC(C)=O. The minimum Gasteiger partial charge on any atom is -0.467 e. The Bertz CT molecular complexity index is 1460. The van der Waals surface area contributed by atoms with E-state index in [2.05, 4.69) is 10.1 Å². The van der Waals surface area contributed by atoms with Crippen LogP contribution in [0.1, 0.15) is 26.3 Å². The number of ether oxygens (including phenoxy) is 8. The molecule has 18 heteroatoms. The third-order valence-electron chi connectivity index (χ3n) is 5.86. The van der Waals surface area contributed by atoms with Gasteiger partial charge in [0.25, 0.3) is 5.69 Å². The third-order valence-corrected chi connectivity index (χ3v) is 5.86. The third kappa shape index (κ3) is 9.88. The topological polar surface area (TPSA) is 231 Å². The summed E-state index contributed by atoms with van der Waals surface area (Å²) in [4.78, 5) is 82.9. The van der Waals surface area contributed by atoms with E-state index in [4.69, 9.17) is 33.2 Å². The van der Waals surface area contributed by atoms with Gasteiger partial charge in [-0.1, -0.05) is 12.1 Å². The Labute approximate surface area is 259 Å². The Morgan fingerprint density at radius 1 is 0.804 bits per heavy atom. The molecule has 0 aliphatic carbocycles. The van der Waals surface area contributed by atoms with Gasteiger partial charge in [-0.05, 0) is 29.8 Å². The van der Waals surface area contributed by atoms with Gasteiger partial charge in [-0.2, -0.15) is 0 Å². The second-order valence-electron chi connectivity index (χ2n) is 9.29. The van der Waals surface area contributed by atoms with E-state index in [-0.39, 0.29) is 23.7 Å². The van der Waals surface area contributed by atoms with E-state index < -0.39 is 71.8 Å². The van der Waals surface area contributed by atoms with Crippen LogP contribution in [-0.2, 0) is 58.9 Å². The second kappa shape index (κ2) is 15.8. The fourth-order valence-electron chi connectivity index (χ4n) is 4.02. The molecule has 1 aliphatic heterocycles. The van der Waals surface area contributed by atoms with E-state index in [1.165, 1.54) is 36.4 Å². The van der Waals surface area contributed by atoms with Crippen LogP contribution in [0.2, 0.25) is 0 Å². The molecule has 3 rings (SSSR count). The smallest absolute Gasteiger partial charge is 0.467 e. The van der Waals surface area contributed by atoms with Crippen molar-refractivity contribution in [2.24, 2.45) is 0 Å². The average molecular weight is 649 g/mol. The van der Waals surface area contributed by atoms with Crippen molar-refractivity contribution in [1.82, 2.24) is 0 Å². The number of methoxy groups -OCH3 is 1. The Kier molecular flexibility index (Phi) is 11.9. The molecular weight excluding hydrogens is 620 g/mol. The Morgan fingerprint density at radius 2 is 1.37 bits per heavy atom. The van der Waals surface area contributed by atoms with Gasteiger partial charge >= 0.3 is 36.1 Å². The van der Waals surface area contributed by atoms with Gasteiger partial charge in [0.2, 0.25) is 12.4 Å². The molecule has 0 aromatic heterocycles. The van der Waals surface area contributed by atoms with E-state index in [0.717, 1.165) is 40.0 Å². The van der Waals surface area contributed by atoms with Crippen LogP contribution in [0.15, 0.2) is 48.5 Å². The first kappa shape index (κ1) is 34.7. The molecule has 0 saturated carbocycles. The molecule has 1 amide bonds. The van der Waals surface area contributed by atoms with Crippen LogP contribution in [0, 0.1) is 10.1 Å². The molecule has 1 fully saturated rings. The largest absolute Gasteiger partial charge is 0.514 e. The van der Waals surface area contributed by atoms with Crippen LogP contribution in [0.25, 0.3) is 0 Å². The first-order valence-electron chi connectivity index (χ1n) is 13.2. The molecule has 46 heavy (non-hydrogen) atoms. The number of benzene rings is 2. The fraction of sp³-hybridized carbons (Fsp3) is 0.357. The molecule has 2 aromatic rings. The molecule has 246 valence electrons. The number of non-ortho nitro benzene ring substituents is 1. The summed E-state index contributed by atoms with van der Waals surface area (Å²) >= 11 is 0. The Balaban J connectivity index is 1.66. The number of carbonyl (C=O) groups is 6. The number of amides is 1. The predicted octanol–water partition coefficient (Wildman–Crippen LogP) is 2.55. The first-order valence-corrected chi connectivity index (χ1v) is 13.2. The van der Waals surface area contributed by atoms with E-state index in [0.29, 0.717) is 5.56 Å². The summed E-state index contributed by atoms with van der Waals surface area (Å²) in [5.41, 5.74) is 0.478. The van der Waals surface area contributed by atoms with Gasteiger partial charge in [0.1, 0.15) is 12.4 Å². The lowest BCUT2D eigenvalue weighted by atomic mass is 9.97. The minimum atomic E-state index is -1.85. The highest BCUT2D eigenvalue weighted by Crippen LogP contribution is 2.30. The monoisotopic (exact) mass is 648 g/mol. The molecule has 1 aliphatic rings. The molecular formula is C28H28N2O16. The van der Waals surface area contributed by atoms with E-state index >= 15 is 0 Å². The number of nitro groups is 1. The van der Waals surface area contributed by atoms with Crippen molar-refractivity contribution in [2.45, 2.75) is 58.1 Å². The van der Waals surface area contributed by atoms with Crippen molar-refractivity contribution in [3.05, 3.63) is 64.2 Å². The van der Waals surface area contributed by atoms with Crippen LogP contribution in [0.4, 0.5) is 21.0 Å². The number of anilines is 1. The highest BCUT2D eigenvalue weighted by molar-refractivity contribution is 5.85. The lowest BCUT2D eigenvalue weighted by Gasteiger charge is -2.42. The Morgan fingerprint density at radius 3 is 1.91 bits per heavy atom. The van der Waals surface area contributed by atoms with Gasteiger partial charge in [0.05, 0.1) is 12.0 Å². The number of nitrogens with zero attached hydrogens (tertiary/aromatic N) is 1. The van der Waals surface area contributed by atoms with Crippen molar-refractivity contribution >= 4 is 47.5 Å². The summed E-state index contributed by atoms with van der Waals surface area (Å²) in [6.45, 7) is 2.81. The van der Waals surface area contributed by atoms with Crippen molar-refractivity contribution in [2.75, 3.05) is 12.4 Å². The molecule has 1 heterocycles. The van der Waals surface area contributed by atoms with Gasteiger partial charge in [-0.25, -0.2) is 14.4 Å². The van der Waals surface area contributed by atoms with Crippen molar-refractivity contribution in [3.8, 4) is 5.75 Å². The summed E-state index contributed by atoms with van der Waals surface area (Å²) in [6.07, 6.45) is -10.8. The maximum atomic E-state index is 12.8. The normalized spacial score (nSPS) is 20.2. The molecule has 0 radical (unpaired) electrons. The number of carbonyl (C=O) groups excluding carboxylic acids is 6. The highest BCUT2D eigenvalue weighted by Gasteiger charge is 2.56. The zero-order valence-electron chi connectivity index (χ0n) is 24.7. The van der Waals surface area contributed by atoms with Crippen LogP contribution in [0.5, 0.6) is 5.75 Å². The van der Waals surface area contributed by atoms with Crippen molar-refractivity contribution < 1.29 is 71.6 Å². The lowest BCUT2D eigenvalue weighted by molar-refractivity contribution is -0.384. The molecule has 1 N–H and O–H groups in total. The number of esters is 4. The van der Waals surface area contributed by atoms with E-state index in [9.17, 15) is 38.9 Å². The minimum absolute atomic E-state index is 0.0329. The summed E-state index contributed by atoms with van der Waals surface area (Å²) < 4.78 is 41.0. The average Bonchev–Trinajstić information content (AvgIpc) is 2.98. The van der Waals surface area contributed by atoms with Crippen LogP contribution >= 0.6 is 0 Å². The summed E-state index contributed by atoms with van der Waals surface area (Å²) in [5.74, 6) is -3.75. The fourth-order valence-corrected chi connectivity index (χ4v) is 4.02. The Hall–Kier alpha value is -5.78. The summed E-state index contributed by atoms with van der Waals surface area (Å²) in [7, 11) is 1.01. The second-order valence-corrected chi connectivity index (χ2v) is 9.29. The van der Waals surface area contributed by atoms with Gasteiger partial charge in [-0.3, -0.25) is 29.8 Å². The maximum Gasteiger partial charge on any atom is 0.514 e. The van der Waals surface area contributed by atoms with Crippen LogP contribution in [-0.4, -0.2) is 78.9 Å². The molecule has 0 spiro atoms. The molecule has 18 nitrogen and oxygen atoms in total. The van der Waals surface area contributed by atoms with Gasteiger partial charge in [-0.15, -0.1) is 0 Å². The number of hydrogen-bond acceptors (Lipinski definition) is 16. The number of rotatable bonds is 10. The van der Waals surface area contributed by atoms with Crippen LogP contribution in [0.3, 0.4) is 0 Å². The number of nitro benzene ring substituents is 1. The molecule has 0 bridgehead atoms. The zero-order valence-corrected chi connectivity index (χ0v) is 24.7. The molecule has 0 unspecified atom stereocenters. The standard InChI is InChI=1S/C28H28N2O16/c1-14(31)41-21-22(42-15(2)32)24(43-16(3)33)26(45-23(21)25(34)39-4)46-27(35)29-18-7-5-17(6-8-18)13-40-28(36)44-20-11-9-19(10-12-20)30(37)38/h5-12,21-24,26H,13H2,1-4H3,(H,29,35)/t21-,22-,23-,24+,26-/m0/s1. The van der Waals surface area contributed by atoms with Gasteiger partial charge in [0.15, 0.2) is 18.3 Å². The lowest BCUT2D eigenvalue weighted by Crippen LogP contribution is -2.64. The maximum absolute atomic E-state index is 12.8. The van der Waals surface area contributed by atoms with Crippen LogP contribution < -0.4 is 10.1 Å². The highest BCUT2D eigenvalue weighted by atomic mass is 16.8. The van der Waals surface area contributed by atoms with E-state index in [1.807, 2.05) is 0 Å². The first-order chi connectivity index (χ1) is 21.8. The predicted molar refractivity (Wildman–Crippen MR) is 148 cm³/mol. The number of nitrogens with one attached hydrogen (secondary N) is 1. The van der Waals surface area contributed by atoms with Crippen molar-refractivity contribution in [1.29, 1.82) is 0 Å². The number of hydrogen-bond donors (Lipinski definition) is 1. The zero-order chi connectivity index (χ0) is 34.0. The quantitative estimate of drug-likeness (QED) is 0.128.